The summed E-state index contributed by atoms with van der Waals surface area (Å²) in [6, 6.07) is 86.8. The van der Waals surface area contributed by atoms with Gasteiger partial charge in [0.1, 0.15) is 0 Å². The highest BCUT2D eigenvalue weighted by atomic mass is 15.1. The van der Waals surface area contributed by atoms with Crippen molar-refractivity contribution in [3.63, 3.8) is 0 Å². The van der Waals surface area contributed by atoms with E-state index in [1.54, 1.807) is 0 Å². The van der Waals surface area contributed by atoms with Gasteiger partial charge in [-0.1, -0.05) is 188 Å². The first-order chi connectivity index (χ1) is 31.3. The zero-order valence-corrected chi connectivity index (χ0v) is 35.0. The maximum Gasteiger partial charge on any atom is 0.0715 e. The van der Waals surface area contributed by atoms with E-state index in [-0.39, 0.29) is 0 Å². The first-order valence-electron chi connectivity index (χ1n) is 22.0. The molecule has 0 amide bonds. The zero-order chi connectivity index (χ0) is 42.0. The third kappa shape index (κ3) is 6.87. The number of rotatable bonds is 10. The fourth-order valence-electron chi connectivity index (χ4n) is 9.92. The lowest BCUT2D eigenvalue weighted by molar-refractivity contribution is 0.768. The second kappa shape index (κ2) is 16.5. The first kappa shape index (κ1) is 38.0. The van der Waals surface area contributed by atoms with Crippen molar-refractivity contribution in [2.24, 2.45) is 0 Å². The molecule has 1 atom stereocenters. The zero-order valence-electron chi connectivity index (χ0n) is 35.0. The van der Waals surface area contributed by atoms with Gasteiger partial charge in [-0.2, -0.15) is 0 Å². The van der Waals surface area contributed by atoms with Gasteiger partial charge in [0.2, 0.25) is 0 Å². The molecule has 0 aliphatic heterocycles. The Labute approximate surface area is 371 Å². The molecule has 0 fully saturated rings. The van der Waals surface area contributed by atoms with Crippen LogP contribution in [-0.4, -0.2) is 0 Å². The summed E-state index contributed by atoms with van der Waals surface area (Å²) in [6.45, 7) is 0. The maximum absolute atomic E-state index is 2.46. The molecule has 2 aliphatic carbocycles. The van der Waals surface area contributed by atoms with Gasteiger partial charge in [0.05, 0.1) is 5.41 Å². The number of anilines is 6. The normalized spacial score (nSPS) is 14.4. The highest BCUT2D eigenvalue weighted by molar-refractivity contribution is 5.92. The average molecular weight is 807 g/mol. The van der Waals surface area contributed by atoms with Crippen LogP contribution in [0.5, 0.6) is 0 Å². The maximum atomic E-state index is 2.46. The Bertz CT molecular complexity index is 3010. The van der Waals surface area contributed by atoms with E-state index in [1.807, 2.05) is 0 Å². The van der Waals surface area contributed by atoms with Crippen LogP contribution in [0.1, 0.15) is 40.2 Å². The lowest BCUT2D eigenvalue weighted by Gasteiger charge is -2.35. The largest absolute Gasteiger partial charge is 0.310 e. The molecular weight excluding hydrogens is 761 g/mol. The van der Waals surface area contributed by atoms with Crippen LogP contribution in [0, 0.1) is 0 Å². The SMILES string of the molecule is C1=CCC(c2ccc(N(c3ccccc3)c3ccc4c(c3)C(c3ccccc3)(c3ccccc3)c3cc(N(c5ccccc5)c5ccc(-c6ccccc6)cc5)ccc3-4)cc2)C=C1. The topological polar surface area (TPSA) is 6.48 Å². The molecule has 0 bridgehead atoms. The molecule has 9 aromatic carbocycles. The summed E-state index contributed by atoms with van der Waals surface area (Å²) in [5.74, 6) is 0.390. The molecule has 11 rings (SSSR count). The predicted octanol–water partition coefficient (Wildman–Crippen LogP) is 16.3. The minimum Gasteiger partial charge on any atom is -0.310 e. The lowest BCUT2D eigenvalue weighted by Crippen LogP contribution is -2.29. The molecule has 2 nitrogen and oxygen atoms in total. The lowest BCUT2D eigenvalue weighted by atomic mass is 9.67. The van der Waals surface area contributed by atoms with Crippen molar-refractivity contribution >= 4 is 34.1 Å². The Morgan fingerprint density at radius 2 is 0.746 bits per heavy atom. The molecule has 0 spiro atoms. The van der Waals surface area contributed by atoms with Crippen molar-refractivity contribution in [1.29, 1.82) is 0 Å². The van der Waals surface area contributed by atoms with Crippen LogP contribution in [0.25, 0.3) is 22.3 Å². The van der Waals surface area contributed by atoms with Crippen LogP contribution in [0.2, 0.25) is 0 Å². The average Bonchev–Trinajstić information content (AvgIpc) is 3.66. The van der Waals surface area contributed by atoms with Crippen molar-refractivity contribution < 1.29 is 0 Å². The van der Waals surface area contributed by atoms with E-state index < -0.39 is 5.41 Å². The van der Waals surface area contributed by atoms with E-state index in [0.717, 1.165) is 40.5 Å². The molecule has 2 heteroatoms. The molecule has 2 aliphatic rings. The van der Waals surface area contributed by atoms with E-state index in [2.05, 4.69) is 271 Å². The Morgan fingerprint density at radius 3 is 1.21 bits per heavy atom. The predicted molar refractivity (Wildman–Crippen MR) is 264 cm³/mol. The van der Waals surface area contributed by atoms with Gasteiger partial charge in [-0.05, 0) is 129 Å². The molecular formula is C61H46N2. The summed E-state index contributed by atoms with van der Waals surface area (Å²) in [6.07, 6.45) is 9.90. The second-order valence-electron chi connectivity index (χ2n) is 16.4. The molecule has 300 valence electrons. The Kier molecular flexibility index (Phi) is 9.95. The number of benzene rings is 9. The summed E-state index contributed by atoms with van der Waals surface area (Å²) < 4.78 is 0. The van der Waals surface area contributed by atoms with Crippen molar-refractivity contribution in [2.45, 2.75) is 17.8 Å². The molecule has 1 unspecified atom stereocenters. The highest BCUT2D eigenvalue weighted by Crippen LogP contribution is 2.58. The van der Waals surface area contributed by atoms with E-state index in [1.165, 1.54) is 50.1 Å². The van der Waals surface area contributed by atoms with Crippen LogP contribution in [-0.2, 0) is 5.41 Å². The van der Waals surface area contributed by atoms with Crippen molar-refractivity contribution in [2.75, 3.05) is 9.80 Å². The van der Waals surface area contributed by atoms with Crippen LogP contribution >= 0.6 is 0 Å². The number of para-hydroxylation sites is 2. The number of allylic oxidation sites excluding steroid dienone is 4. The van der Waals surface area contributed by atoms with E-state index in [4.69, 9.17) is 0 Å². The Hall–Kier alpha value is -7.94. The van der Waals surface area contributed by atoms with Crippen LogP contribution < -0.4 is 9.80 Å². The van der Waals surface area contributed by atoms with Gasteiger partial charge in [0.15, 0.2) is 0 Å². The quantitative estimate of drug-likeness (QED) is 0.136. The van der Waals surface area contributed by atoms with Crippen molar-refractivity contribution in [3.8, 4) is 22.3 Å². The fraction of sp³-hybridized carbons (Fsp3) is 0.0492. The smallest absolute Gasteiger partial charge is 0.0715 e. The van der Waals surface area contributed by atoms with Crippen molar-refractivity contribution in [3.05, 3.63) is 289 Å². The number of hydrogen-bond donors (Lipinski definition) is 0. The minimum atomic E-state index is -0.619. The molecule has 0 radical (unpaired) electrons. The second-order valence-corrected chi connectivity index (χ2v) is 16.4. The molecule has 63 heavy (non-hydrogen) atoms. The molecule has 0 N–H and O–H groups in total. The summed E-state index contributed by atoms with van der Waals surface area (Å²) in [5.41, 5.74) is 17.2. The highest BCUT2D eigenvalue weighted by Gasteiger charge is 2.47. The number of hydrogen-bond acceptors (Lipinski definition) is 2. The fourth-order valence-corrected chi connectivity index (χ4v) is 9.92. The Morgan fingerprint density at radius 1 is 0.349 bits per heavy atom. The molecule has 0 heterocycles. The van der Waals surface area contributed by atoms with Gasteiger partial charge >= 0.3 is 0 Å². The molecule has 0 aromatic heterocycles. The third-order valence-corrected chi connectivity index (χ3v) is 12.9. The monoisotopic (exact) mass is 806 g/mol. The van der Waals surface area contributed by atoms with Gasteiger partial charge in [-0.3, -0.25) is 0 Å². The third-order valence-electron chi connectivity index (χ3n) is 12.9. The van der Waals surface area contributed by atoms with Gasteiger partial charge in [0.25, 0.3) is 0 Å². The van der Waals surface area contributed by atoms with E-state index in [9.17, 15) is 0 Å². The molecule has 9 aromatic rings. The summed E-state index contributed by atoms with van der Waals surface area (Å²) >= 11 is 0. The summed E-state index contributed by atoms with van der Waals surface area (Å²) in [7, 11) is 0. The van der Waals surface area contributed by atoms with Crippen LogP contribution in [0.15, 0.2) is 261 Å². The van der Waals surface area contributed by atoms with Gasteiger partial charge in [-0.15, -0.1) is 0 Å². The first-order valence-corrected chi connectivity index (χ1v) is 22.0. The van der Waals surface area contributed by atoms with Crippen molar-refractivity contribution in [1.82, 2.24) is 0 Å². The Balaban J connectivity index is 1.11. The van der Waals surface area contributed by atoms with Crippen LogP contribution in [0.4, 0.5) is 34.1 Å². The molecule has 0 saturated carbocycles. The summed E-state index contributed by atoms with van der Waals surface area (Å²) in [5, 5.41) is 0. The standard InChI is InChI=1S/C61H46N2/c1-7-19-45(20-8-1)47-31-35-53(36-32-47)62(51-27-15-5-16-28-51)55-39-41-57-58-42-40-56(44-60(58)61(59(57)43-55,49-23-11-3-12-24-49)50-25-13-4-14-26-50)63(52-29-17-6-18-30-52)54-37-33-48(34-38-54)46-21-9-2-10-22-46/h1-21,23-44,46H,22H2. The van der Waals surface area contributed by atoms with Gasteiger partial charge < -0.3 is 9.80 Å². The van der Waals surface area contributed by atoms with E-state index >= 15 is 0 Å². The van der Waals surface area contributed by atoms with Gasteiger partial charge in [-0.25, -0.2) is 0 Å². The summed E-state index contributed by atoms with van der Waals surface area (Å²) in [4.78, 5) is 4.80. The van der Waals surface area contributed by atoms with E-state index in [0.29, 0.717) is 5.92 Å². The van der Waals surface area contributed by atoms with Crippen LogP contribution in [0.3, 0.4) is 0 Å². The molecule has 0 saturated heterocycles. The number of nitrogens with zero attached hydrogens (tertiary/aromatic N) is 2. The minimum absolute atomic E-state index is 0.390. The number of fused-ring (bicyclic) bond motifs is 3. The van der Waals surface area contributed by atoms with Gasteiger partial charge in [0, 0.05) is 40.0 Å².